The van der Waals surface area contributed by atoms with Crippen LogP contribution in [-0.4, -0.2) is 67.1 Å². The molecule has 2 aromatic heterocycles. The highest BCUT2D eigenvalue weighted by molar-refractivity contribution is 5.88. The molecule has 4 N–H and O–H groups in total. The number of benzene rings is 2. The Morgan fingerprint density at radius 3 is 2.24 bits per heavy atom. The maximum absolute atomic E-state index is 13.1. The SMILES string of the molecule is O=C(CCCC(=O)Nn1cnnn1)N[C@@H](Cc1ccc(-c2ccccc2)cc1)C(=O)NCCCCNc1ncccn1. The number of nitrogens with one attached hydrogen (secondary N) is 4. The summed E-state index contributed by atoms with van der Waals surface area (Å²) in [5.74, 6) is -0.323. The minimum Gasteiger partial charge on any atom is -0.354 e. The van der Waals surface area contributed by atoms with Gasteiger partial charge in [0.1, 0.15) is 6.04 Å². The average Bonchev–Trinajstić information content (AvgIpc) is 3.53. The number of hydrogen-bond donors (Lipinski definition) is 4. The number of aromatic nitrogens is 6. The molecule has 4 rings (SSSR count). The number of tetrazole rings is 1. The van der Waals surface area contributed by atoms with Crippen LogP contribution in [0.25, 0.3) is 11.1 Å². The Morgan fingerprint density at radius 2 is 1.50 bits per heavy atom. The molecule has 0 aliphatic carbocycles. The van der Waals surface area contributed by atoms with Gasteiger partial charge in [0.25, 0.3) is 0 Å². The highest BCUT2D eigenvalue weighted by atomic mass is 16.2. The number of anilines is 1. The standard InChI is InChI=1S/C29H34N10O3/c40-26(10-6-11-27(41)36-39-21-34-37-38-39)35-25(20-22-12-14-24(15-13-22)23-8-2-1-3-9-23)28(42)30-16-4-5-17-31-29-32-18-7-19-33-29/h1-3,7-9,12-15,18-19,21,25H,4-6,10-11,16-17,20H2,(H,30,42)(H,35,40)(H,36,41)(H,31,32,33)/t25-/m0/s1. The zero-order valence-electron chi connectivity index (χ0n) is 23.1. The van der Waals surface area contributed by atoms with E-state index < -0.39 is 6.04 Å². The van der Waals surface area contributed by atoms with Crippen LogP contribution in [0.1, 0.15) is 37.7 Å². The fraction of sp³-hybridized carbons (Fsp3) is 0.310. The Hall–Kier alpha value is -5.20. The maximum atomic E-state index is 13.1. The van der Waals surface area contributed by atoms with Crippen molar-refractivity contribution >= 4 is 23.7 Å². The molecule has 1 atom stereocenters. The molecule has 0 radical (unpaired) electrons. The number of unbranched alkanes of at least 4 members (excludes halogenated alkanes) is 1. The van der Waals surface area contributed by atoms with Gasteiger partial charge in [-0.25, -0.2) is 15.4 Å². The second kappa shape index (κ2) is 16.2. The van der Waals surface area contributed by atoms with Crippen LogP contribution < -0.4 is 21.4 Å². The van der Waals surface area contributed by atoms with Crippen molar-refractivity contribution in [1.82, 2.24) is 40.9 Å². The lowest BCUT2D eigenvalue weighted by atomic mass is 10.00. The van der Waals surface area contributed by atoms with Gasteiger partial charge in [0.15, 0.2) is 6.33 Å². The first-order valence-corrected chi connectivity index (χ1v) is 13.8. The Morgan fingerprint density at radius 1 is 0.786 bits per heavy atom. The number of nitrogens with zero attached hydrogens (tertiary/aromatic N) is 6. The molecule has 0 fully saturated rings. The monoisotopic (exact) mass is 570 g/mol. The van der Waals surface area contributed by atoms with Gasteiger partial charge in [-0.3, -0.25) is 14.4 Å². The number of rotatable bonds is 16. The zero-order valence-corrected chi connectivity index (χ0v) is 23.1. The molecule has 0 saturated heterocycles. The third-order valence-electron chi connectivity index (χ3n) is 6.30. The third-order valence-corrected chi connectivity index (χ3v) is 6.30. The summed E-state index contributed by atoms with van der Waals surface area (Å²) >= 11 is 0. The van der Waals surface area contributed by atoms with Gasteiger partial charge in [-0.2, -0.15) is 0 Å². The van der Waals surface area contributed by atoms with E-state index in [1.807, 2.05) is 54.6 Å². The normalized spacial score (nSPS) is 11.3. The quantitative estimate of drug-likeness (QED) is 0.147. The second-order valence-corrected chi connectivity index (χ2v) is 9.53. The van der Waals surface area contributed by atoms with Crippen molar-refractivity contribution < 1.29 is 14.4 Å². The molecular formula is C29H34N10O3. The van der Waals surface area contributed by atoms with Crippen LogP contribution in [0.4, 0.5) is 5.95 Å². The molecular weight excluding hydrogens is 536 g/mol. The molecule has 0 bridgehead atoms. The molecule has 2 aromatic carbocycles. The van der Waals surface area contributed by atoms with Gasteiger partial charge >= 0.3 is 0 Å². The van der Waals surface area contributed by atoms with Crippen molar-refractivity contribution in [3.05, 3.63) is 84.9 Å². The largest absolute Gasteiger partial charge is 0.354 e. The molecule has 2 heterocycles. The van der Waals surface area contributed by atoms with E-state index in [9.17, 15) is 14.4 Å². The Labute approximate surface area is 243 Å². The van der Waals surface area contributed by atoms with E-state index in [2.05, 4.69) is 46.9 Å². The van der Waals surface area contributed by atoms with Gasteiger partial charge in [0.05, 0.1) is 0 Å². The van der Waals surface area contributed by atoms with E-state index >= 15 is 0 Å². The lowest BCUT2D eigenvalue weighted by molar-refractivity contribution is -0.129. The minimum atomic E-state index is -0.758. The lowest BCUT2D eigenvalue weighted by Crippen LogP contribution is -2.48. The smallest absolute Gasteiger partial charge is 0.242 e. The topological polar surface area (TPSA) is 169 Å². The summed E-state index contributed by atoms with van der Waals surface area (Å²) in [4.78, 5) is 47.3. The number of hydrogen-bond acceptors (Lipinski definition) is 9. The van der Waals surface area contributed by atoms with Crippen molar-refractivity contribution in [3.63, 3.8) is 0 Å². The van der Waals surface area contributed by atoms with Crippen LogP contribution in [0, 0.1) is 0 Å². The molecule has 13 nitrogen and oxygen atoms in total. The summed E-state index contributed by atoms with van der Waals surface area (Å²) in [6, 6.07) is 19.0. The molecule has 0 spiro atoms. The first kappa shape index (κ1) is 29.8. The van der Waals surface area contributed by atoms with E-state index in [0.29, 0.717) is 31.9 Å². The summed E-state index contributed by atoms with van der Waals surface area (Å²) < 4.78 is 0. The van der Waals surface area contributed by atoms with Crippen LogP contribution in [0.5, 0.6) is 0 Å². The van der Waals surface area contributed by atoms with Crippen LogP contribution in [-0.2, 0) is 20.8 Å². The van der Waals surface area contributed by atoms with Crippen LogP contribution in [0.15, 0.2) is 79.4 Å². The van der Waals surface area contributed by atoms with Crippen LogP contribution >= 0.6 is 0 Å². The number of carbonyl (C=O) groups excluding carboxylic acids is 3. The van der Waals surface area contributed by atoms with E-state index in [0.717, 1.165) is 34.3 Å². The van der Waals surface area contributed by atoms with Gasteiger partial charge in [0.2, 0.25) is 23.7 Å². The summed E-state index contributed by atoms with van der Waals surface area (Å²) in [6.45, 7) is 1.14. The zero-order chi connectivity index (χ0) is 29.4. The number of carbonyl (C=O) groups is 3. The predicted octanol–water partition coefficient (Wildman–Crippen LogP) is 2.11. The summed E-state index contributed by atoms with van der Waals surface area (Å²) in [5.41, 5.74) is 5.57. The molecule has 0 aliphatic heterocycles. The highest BCUT2D eigenvalue weighted by Crippen LogP contribution is 2.20. The van der Waals surface area contributed by atoms with Gasteiger partial charge in [-0.1, -0.05) is 54.6 Å². The van der Waals surface area contributed by atoms with Gasteiger partial charge in [-0.15, -0.1) is 9.89 Å². The Balaban J connectivity index is 1.27. The van der Waals surface area contributed by atoms with Crippen molar-refractivity contribution in [2.24, 2.45) is 0 Å². The van der Waals surface area contributed by atoms with Crippen LogP contribution in [0.3, 0.4) is 0 Å². The van der Waals surface area contributed by atoms with Gasteiger partial charge in [0, 0.05) is 44.7 Å². The van der Waals surface area contributed by atoms with Gasteiger partial charge < -0.3 is 16.0 Å². The second-order valence-electron chi connectivity index (χ2n) is 9.53. The lowest BCUT2D eigenvalue weighted by Gasteiger charge is -2.19. The summed E-state index contributed by atoms with van der Waals surface area (Å²) in [6.07, 6.45) is 6.99. The average molecular weight is 571 g/mol. The molecule has 42 heavy (non-hydrogen) atoms. The molecule has 218 valence electrons. The maximum Gasteiger partial charge on any atom is 0.242 e. The number of amides is 3. The fourth-order valence-electron chi connectivity index (χ4n) is 4.16. The first-order chi connectivity index (χ1) is 20.6. The van der Waals surface area contributed by atoms with Crippen molar-refractivity contribution in [2.45, 2.75) is 44.6 Å². The third kappa shape index (κ3) is 10.1. The molecule has 13 heteroatoms. The first-order valence-electron chi connectivity index (χ1n) is 13.8. The van der Waals surface area contributed by atoms with Crippen LogP contribution in [0.2, 0.25) is 0 Å². The molecule has 0 aliphatic rings. The fourth-order valence-corrected chi connectivity index (χ4v) is 4.16. The molecule has 0 saturated carbocycles. The minimum absolute atomic E-state index is 0.0903. The van der Waals surface area contributed by atoms with E-state index in [-0.39, 0.29) is 30.6 Å². The Bertz CT molecular complexity index is 1380. The predicted molar refractivity (Wildman–Crippen MR) is 156 cm³/mol. The van der Waals surface area contributed by atoms with E-state index in [1.54, 1.807) is 18.5 Å². The summed E-state index contributed by atoms with van der Waals surface area (Å²) in [5, 5.41) is 19.4. The molecule has 0 unspecified atom stereocenters. The molecule has 3 amide bonds. The Kier molecular flexibility index (Phi) is 11.5. The van der Waals surface area contributed by atoms with Gasteiger partial charge in [-0.05, 0) is 52.4 Å². The summed E-state index contributed by atoms with van der Waals surface area (Å²) in [7, 11) is 0. The highest BCUT2D eigenvalue weighted by Gasteiger charge is 2.21. The van der Waals surface area contributed by atoms with Crippen molar-refractivity contribution in [3.8, 4) is 11.1 Å². The van der Waals surface area contributed by atoms with Crippen molar-refractivity contribution in [1.29, 1.82) is 0 Å². The van der Waals surface area contributed by atoms with E-state index in [4.69, 9.17) is 0 Å². The van der Waals surface area contributed by atoms with Crippen molar-refractivity contribution in [2.75, 3.05) is 23.8 Å². The van der Waals surface area contributed by atoms with E-state index in [1.165, 1.54) is 6.33 Å². The molecule has 4 aromatic rings.